The van der Waals surface area contributed by atoms with Crippen LogP contribution in [0.1, 0.15) is 16.7 Å². The molecular formula is C22H17NO. The highest BCUT2D eigenvalue weighted by molar-refractivity contribution is 5.76. The number of hydrogen-bond donors (Lipinski definition) is 0. The molecule has 0 unspecified atom stereocenters. The fourth-order valence-corrected chi connectivity index (χ4v) is 2.60. The number of hydrogen-bond acceptors (Lipinski definition) is 2. The molecule has 0 aliphatic heterocycles. The summed E-state index contributed by atoms with van der Waals surface area (Å²) >= 11 is 0. The topological polar surface area (TPSA) is 26.0 Å². The van der Waals surface area contributed by atoms with Crippen LogP contribution in [-0.4, -0.2) is 4.98 Å². The van der Waals surface area contributed by atoms with E-state index >= 15 is 0 Å². The molecule has 0 fully saturated rings. The van der Waals surface area contributed by atoms with Crippen LogP contribution in [0.15, 0.2) is 77.2 Å². The smallest absolute Gasteiger partial charge is 0.227 e. The van der Waals surface area contributed by atoms with E-state index in [1.807, 2.05) is 36.4 Å². The highest BCUT2D eigenvalue weighted by Crippen LogP contribution is 2.24. The fourth-order valence-electron chi connectivity index (χ4n) is 2.60. The molecule has 0 bridgehead atoms. The number of benzene rings is 3. The summed E-state index contributed by atoms with van der Waals surface area (Å²) in [7, 11) is 0. The van der Waals surface area contributed by atoms with Crippen molar-refractivity contribution in [2.45, 2.75) is 6.92 Å². The lowest BCUT2D eigenvalue weighted by Gasteiger charge is -1.98. The Morgan fingerprint density at radius 3 is 2.04 bits per heavy atom. The Bertz CT molecular complexity index is 959. The summed E-state index contributed by atoms with van der Waals surface area (Å²) in [6.07, 6.45) is 4.23. The first kappa shape index (κ1) is 14.5. The number of fused-ring (bicyclic) bond motifs is 1. The van der Waals surface area contributed by atoms with Crippen LogP contribution in [0.5, 0.6) is 0 Å². The summed E-state index contributed by atoms with van der Waals surface area (Å²) in [5.74, 6) is 0.658. The molecule has 4 rings (SSSR count). The number of aromatic nitrogens is 1. The van der Waals surface area contributed by atoms with Gasteiger partial charge in [0.25, 0.3) is 0 Å². The number of nitrogens with zero attached hydrogens (tertiary/aromatic N) is 1. The van der Waals surface area contributed by atoms with Crippen LogP contribution in [0.4, 0.5) is 0 Å². The van der Waals surface area contributed by atoms with Gasteiger partial charge in [0.2, 0.25) is 5.89 Å². The second kappa shape index (κ2) is 6.17. The molecule has 0 N–H and O–H groups in total. The third-order valence-electron chi connectivity index (χ3n) is 4.00. The molecule has 1 aromatic heterocycles. The van der Waals surface area contributed by atoms with Crippen LogP contribution in [0, 0.1) is 6.92 Å². The van der Waals surface area contributed by atoms with Crippen LogP contribution in [-0.2, 0) is 0 Å². The first-order valence-corrected chi connectivity index (χ1v) is 7.99. The molecule has 0 atom stereocenters. The zero-order chi connectivity index (χ0) is 16.4. The predicted molar refractivity (Wildman–Crippen MR) is 99.6 cm³/mol. The van der Waals surface area contributed by atoms with E-state index < -0.39 is 0 Å². The second-order valence-corrected chi connectivity index (χ2v) is 5.85. The first-order chi connectivity index (χ1) is 11.8. The minimum absolute atomic E-state index is 0.658. The van der Waals surface area contributed by atoms with Gasteiger partial charge in [0, 0.05) is 5.56 Å². The van der Waals surface area contributed by atoms with Crippen molar-refractivity contribution in [2.75, 3.05) is 0 Å². The molecule has 116 valence electrons. The summed E-state index contributed by atoms with van der Waals surface area (Å²) in [6.45, 7) is 2.10. The zero-order valence-electron chi connectivity index (χ0n) is 13.4. The summed E-state index contributed by atoms with van der Waals surface area (Å²) in [4.78, 5) is 4.53. The van der Waals surface area contributed by atoms with Crippen molar-refractivity contribution in [2.24, 2.45) is 0 Å². The standard InChI is InChI=1S/C22H17NO/c1-16-6-8-17(9-7-16)10-11-18-12-14-19(15-13-18)22-23-20-4-2-3-5-21(20)24-22/h2-15H,1H3. The van der Waals surface area contributed by atoms with E-state index in [9.17, 15) is 0 Å². The molecule has 0 aliphatic rings. The zero-order valence-corrected chi connectivity index (χ0v) is 13.4. The fraction of sp³-hybridized carbons (Fsp3) is 0.0455. The molecule has 4 aromatic rings. The molecule has 0 amide bonds. The lowest BCUT2D eigenvalue weighted by Crippen LogP contribution is -1.78. The average molecular weight is 311 g/mol. The lowest BCUT2D eigenvalue weighted by atomic mass is 10.1. The van der Waals surface area contributed by atoms with Gasteiger partial charge >= 0.3 is 0 Å². The van der Waals surface area contributed by atoms with Crippen LogP contribution >= 0.6 is 0 Å². The average Bonchev–Trinajstić information content (AvgIpc) is 3.06. The SMILES string of the molecule is Cc1ccc(C=Cc2ccc(-c3nc4ccccc4o3)cc2)cc1. The minimum Gasteiger partial charge on any atom is -0.436 e. The Balaban J connectivity index is 1.57. The van der Waals surface area contributed by atoms with E-state index in [1.165, 1.54) is 11.1 Å². The van der Waals surface area contributed by atoms with E-state index in [1.54, 1.807) is 0 Å². The molecule has 0 saturated carbocycles. The maximum Gasteiger partial charge on any atom is 0.227 e. The monoisotopic (exact) mass is 311 g/mol. The van der Waals surface area contributed by atoms with Crippen molar-refractivity contribution in [3.8, 4) is 11.5 Å². The minimum atomic E-state index is 0.658. The third kappa shape index (κ3) is 2.99. The summed E-state index contributed by atoms with van der Waals surface area (Å²) in [5, 5.41) is 0. The molecular weight excluding hydrogens is 294 g/mol. The van der Waals surface area contributed by atoms with Gasteiger partial charge in [0.05, 0.1) is 0 Å². The Labute approximate surface area is 141 Å². The molecule has 0 spiro atoms. The summed E-state index contributed by atoms with van der Waals surface area (Å²) < 4.78 is 5.81. The Kier molecular flexibility index (Phi) is 3.72. The second-order valence-electron chi connectivity index (χ2n) is 5.85. The first-order valence-electron chi connectivity index (χ1n) is 7.99. The van der Waals surface area contributed by atoms with Gasteiger partial charge in [-0.15, -0.1) is 0 Å². The molecule has 0 radical (unpaired) electrons. The number of oxazole rings is 1. The van der Waals surface area contributed by atoms with Crippen molar-refractivity contribution >= 4 is 23.3 Å². The number of para-hydroxylation sites is 2. The van der Waals surface area contributed by atoms with Crippen molar-refractivity contribution < 1.29 is 4.42 Å². The van der Waals surface area contributed by atoms with Gasteiger partial charge in [0.15, 0.2) is 5.58 Å². The maximum atomic E-state index is 5.81. The number of aryl methyl sites for hydroxylation is 1. The highest BCUT2D eigenvalue weighted by Gasteiger charge is 2.06. The van der Waals surface area contributed by atoms with E-state index in [0.717, 1.165) is 22.2 Å². The van der Waals surface area contributed by atoms with Crippen LogP contribution in [0.25, 0.3) is 34.7 Å². The highest BCUT2D eigenvalue weighted by atomic mass is 16.3. The van der Waals surface area contributed by atoms with Crippen LogP contribution < -0.4 is 0 Å². The summed E-state index contributed by atoms with van der Waals surface area (Å²) in [6, 6.07) is 24.5. The quantitative estimate of drug-likeness (QED) is 0.435. The lowest BCUT2D eigenvalue weighted by molar-refractivity contribution is 0.620. The maximum absolute atomic E-state index is 5.81. The van der Waals surface area contributed by atoms with Gasteiger partial charge in [0.1, 0.15) is 5.52 Å². The van der Waals surface area contributed by atoms with Gasteiger partial charge in [-0.2, -0.15) is 0 Å². The molecule has 0 saturated heterocycles. The van der Waals surface area contributed by atoms with Crippen LogP contribution in [0.2, 0.25) is 0 Å². The van der Waals surface area contributed by atoms with Crippen molar-refractivity contribution in [3.05, 3.63) is 89.5 Å². The van der Waals surface area contributed by atoms with Crippen molar-refractivity contribution in [3.63, 3.8) is 0 Å². The van der Waals surface area contributed by atoms with E-state index in [2.05, 4.69) is 60.5 Å². The number of rotatable bonds is 3. The third-order valence-corrected chi connectivity index (χ3v) is 4.00. The van der Waals surface area contributed by atoms with E-state index in [4.69, 9.17) is 4.42 Å². The van der Waals surface area contributed by atoms with Gasteiger partial charge in [-0.1, -0.05) is 66.2 Å². The molecule has 0 aliphatic carbocycles. The van der Waals surface area contributed by atoms with Gasteiger partial charge < -0.3 is 4.42 Å². The van der Waals surface area contributed by atoms with E-state index in [-0.39, 0.29) is 0 Å². The Morgan fingerprint density at radius 2 is 1.38 bits per heavy atom. The molecule has 2 nitrogen and oxygen atoms in total. The van der Waals surface area contributed by atoms with E-state index in [0.29, 0.717) is 5.89 Å². The largest absolute Gasteiger partial charge is 0.436 e. The molecule has 3 aromatic carbocycles. The Hall–Kier alpha value is -3.13. The predicted octanol–water partition coefficient (Wildman–Crippen LogP) is 5.97. The molecule has 24 heavy (non-hydrogen) atoms. The van der Waals surface area contributed by atoms with Gasteiger partial charge in [-0.25, -0.2) is 4.98 Å². The van der Waals surface area contributed by atoms with Crippen molar-refractivity contribution in [1.82, 2.24) is 4.98 Å². The molecule has 2 heteroatoms. The normalized spacial score (nSPS) is 11.4. The Morgan fingerprint density at radius 1 is 0.750 bits per heavy atom. The van der Waals surface area contributed by atoms with Crippen LogP contribution in [0.3, 0.4) is 0 Å². The summed E-state index contributed by atoms with van der Waals surface area (Å²) in [5.41, 5.74) is 6.30. The van der Waals surface area contributed by atoms with Gasteiger partial charge in [-0.05, 0) is 42.3 Å². The van der Waals surface area contributed by atoms with Gasteiger partial charge in [-0.3, -0.25) is 0 Å². The van der Waals surface area contributed by atoms with Crippen molar-refractivity contribution in [1.29, 1.82) is 0 Å². The molecule has 1 heterocycles.